The van der Waals surface area contributed by atoms with Crippen LogP contribution in [0.1, 0.15) is 337 Å². The summed E-state index contributed by atoms with van der Waals surface area (Å²) in [5, 5.41) is 3.78. The van der Waals surface area contributed by atoms with Crippen LogP contribution >= 0.6 is 46.4 Å². The summed E-state index contributed by atoms with van der Waals surface area (Å²) in [5.41, 5.74) is 2.86. The zero-order valence-corrected chi connectivity index (χ0v) is 64.4. The van der Waals surface area contributed by atoms with Crippen LogP contribution in [-0.4, -0.2) is 50.1 Å². The third-order valence-corrected chi connectivity index (χ3v) is 22.0. The number of aryl methyl sites for hydroxylation is 2. The smallest absolute Gasteiger partial charge is 0.266 e. The second kappa shape index (κ2) is 40.5. The minimum Gasteiger partial charge on any atom is -0.490 e. The van der Waals surface area contributed by atoms with E-state index in [2.05, 4.69) is 27.7 Å². The van der Waals surface area contributed by atoms with Gasteiger partial charge in [0.1, 0.15) is 0 Å². The van der Waals surface area contributed by atoms with Gasteiger partial charge in [0.2, 0.25) is 0 Å². The van der Waals surface area contributed by atoms with Gasteiger partial charge in [-0.2, -0.15) is 0 Å². The van der Waals surface area contributed by atoms with Gasteiger partial charge in [-0.3, -0.25) is 19.2 Å². The van der Waals surface area contributed by atoms with E-state index in [0.29, 0.717) is 104 Å². The number of carbonyl (C=O) groups excluding carboxylic acids is 4. The average Bonchev–Trinajstić information content (AvgIpc) is 0.673. The van der Waals surface area contributed by atoms with Crippen molar-refractivity contribution in [1.82, 2.24) is 0 Å². The largest absolute Gasteiger partial charge is 0.490 e. The Bertz CT molecular complexity index is 3480. The molecule has 7 aromatic rings. The molecular weight excluding hydrogens is 1330 g/mol. The Morgan fingerprint density at radius 2 is 0.470 bits per heavy atom. The van der Waals surface area contributed by atoms with Crippen molar-refractivity contribution in [2.45, 2.75) is 298 Å². The molecule has 0 saturated carbocycles. The standard InChI is InChI=1S/C86H114Cl4N2O8/c1-7-11-15-19-23-27-31-35-39-43-47-97-71-53-61(51-59(5)81(71)99-49-45-41-37-33-29-25-21-17-13-9-3)91-83(93)63-55-67(87)75-77-69(89)57-65-74-66(58-70(90)78(80(74)77)76-68(88)56-64(84(91)94)73(63)79(75)76)86(96)92(85(65)95)62-52-60(6)82(100-50-46-42-38-34-30-26-22-18-14-10-4)72(54-62)98-48-44-40-36-32-28-24-20-16-12-8-2/h51-58H,7-50H2,1-6H3. The number of hydrogen-bond donors (Lipinski definition) is 0. The Hall–Kier alpha value is -5.52. The van der Waals surface area contributed by atoms with Crippen LogP contribution < -0.4 is 28.7 Å². The number of unbranched alkanes of at least 4 members (excludes halogenated alkanes) is 36. The Balaban J connectivity index is 0.991. The van der Waals surface area contributed by atoms with Crippen LogP contribution in [0.4, 0.5) is 11.4 Å². The third kappa shape index (κ3) is 19.6. The van der Waals surface area contributed by atoms with E-state index >= 15 is 19.2 Å². The highest BCUT2D eigenvalue weighted by Crippen LogP contribution is 2.55. The van der Waals surface area contributed by atoms with Crippen molar-refractivity contribution in [1.29, 1.82) is 0 Å². The number of benzene rings is 7. The molecule has 14 heteroatoms. The number of hydrogen-bond acceptors (Lipinski definition) is 8. The second-order valence-corrected chi connectivity index (χ2v) is 30.4. The molecule has 0 aromatic heterocycles. The molecule has 2 aliphatic rings. The fraction of sp³-hybridized carbons (Fsp3) is 0.581. The van der Waals surface area contributed by atoms with Crippen LogP contribution in [0.2, 0.25) is 20.1 Å². The van der Waals surface area contributed by atoms with Gasteiger partial charge in [0.15, 0.2) is 23.0 Å². The summed E-state index contributed by atoms with van der Waals surface area (Å²) in [6, 6.07) is 13.5. The molecule has 0 N–H and O–H groups in total. The summed E-state index contributed by atoms with van der Waals surface area (Å²) in [4.78, 5) is 63.9. The summed E-state index contributed by atoms with van der Waals surface area (Å²) < 4.78 is 26.3. The van der Waals surface area contributed by atoms with Gasteiger partial charge < -0.3 is 18.9 Å². The summed E-state index contributed by atoms with van der Waals surface area (Å²) in [6.45, 7) is 14.8. The van der Waals surface area contributed by atoms with Crippen LogP contribution in [0, 0.1) is 13.8 Å². The number of amides is 4. The number of carbonyl (C=O) groups is 4. The lowest BCUT2D eigenvalue weighted by atomic mass is 9.82. The average molecular weight is 1450 g/mol. The molecule has 0 spiro atoms. The fourth-order valence-electron chi connectivity index (χ4n) is 15.3. The van der Waals surface area contributed by atoms with Gasteiger partial charge in [-0.1, -0.05) is 305 Å². The highest BCUT2D eigenvalue weighted by molar-refractivity contribution is 6.57. The molecule has 0 atom stereocenters. The highest BCUT2D eigenvalue weighted by atomic mass is 35.5. The molecule has 544 valence electrons. The molecule has 100 heavy (non-hydrogen) atoms. The van der Waals surface area contributed by atoms with Gasteiger partial charge in [-0.15, -0.1) is 0 Å². The van der Waals surface area contributed by atoms with E-state index in [1.807, 2.05) is 26.0 Å². The van der Waals surface area contributed by atoms with Crippen molar-refractivity contribution in [2.24, 2.45) is 0 Å². The lowest BCUT2D eigenvalue weighted by Crippen LogP contribution is -2.41. The lowest BCUT2D eigenvalue weighted by Gasteiger charge is -2.32. The first-order valence-electron chi connectivity index (χ1n) is 39.3. The first-order chi connectivity index (χ1) is 48.8. The quantitative estimate of drug-likeness (QED) is 0.0160. The summed E-state index contributed by atoms with van der Waals surface area (Å²) in [5.74, 6) is -0.164. The molecule has 0 bridgehead atoms. The number of imide groups is 2. The minimum absolute atomic E-state index is 0.155. The van der Waals surface area contributed by atoms with Gasteiger partial charge >= 0.3 is 0 Å². The fourth-order valence-corrected chi connectivity index (χ4v) is 16.5. The van der Waals surface area contributed by atoms with E-state index in [1.54, 1.807) is 36.4 Å². The van der Waals surface area contributed by atoms with Crippen LogP contribution in [0.25, 0.3) is 43.1 Å². The van der Waals surface area contributed by atoms with E-state index in [-0.39, 0.29) is 42.3 Å². The van der Waals surface area contributed by atoms with Crippen LogP contribution in [-0.2, 0) is 0 Å². The van der Waals surface area contributed by atoms with Crippen molar-refractivity contribution in [3.8, 4) is 23.0 Å². The SMILES string of the molecule is CCCCCCCCCCCCOc1cc(N2C(=O)c3cc(Cl)c4c5c(Cl)cc6c7c(cc(Cl)c(c8c(Cl)cc(c3c48)C2=O)c75)C(=O)N(c2cc(C)c(OCCCCCCCCCCCC)c(OCCCCCCCCCCCC)c2)C6=O)cc(C)c1OCCCCCCCCCCCC. The second-order valence-electron chi connectivity index (χ2n) is 28.8. The highest BCUT2D eigenvalue weighted by Gasteiger charge is 2.41. The number of rotatable bonds is 50. The van der Waals surface area contributed by atoms with Crippen LogP contribution in [0.5, 0.6) is 23.0 Å². The minimum atomic E-state index is -0.584. The summed E-state index contributed by atoms with van der Waals surface area (Å²) >= 11 is 30.1. The van der Waals surface area contributed by atoms with Gasteiger partial charge in [0, 0.05) is 75.3 Å². The Kier molecular flexibility index (Phi) is 31.8. The Labute approximate surface area is 618 Å². The van der Waals surface area contributed by atoms with E-state index in [1.165, 1.54) is 190 Å². The molecule has 0 radical (unpaired) electrons. The molecular formula is C86H114Cl4N2O8. The number of ether oxygens (including phenoxy) is 4. The molecule has 0 aliphatic carbocycles. The van der Waals surface area contributed by atoms with E-state index < -0.39 is 23.6 Å². The lowest BCUT2D eigenvalue weighted by molar-refractivity contribution is 0.0877. The van der Waals surface area contributed by atoms with Crippen molar-refractivity contribution >= 4 is 124 Å². The molecule has 2 aliphatic heterocycles. The molecule has 7 aromatic carbocycles. The van der Waals surface area contributed by atoms with Crippen LogP contribution in [0.15, 0.2) is 48.5 Å². The van der Waals surface area contributed by atoms with Crippen molar-refractivity contribution in [3.05, 3.63) is 102 Å². The van der Waals surface area contributed by atoms with Gasteiger partial charge in [-0.05, 0) is 87.1 Å². The first-order valence-corrected chi connectivity index (χ1v) is 40.8. The summed E-state index contributed by atoms with van der Waals surface area (Å²) in [6.07, 6.45) is 48.1. The first kappa shape index (κ1) is 78.6. The van der Waals surface area contributed by atoms with E-state index in [9.17, 15) is 0 Å². The number of anilines is 2. The van der Waals surface area contributed by atoms with Crippen molar-refractivity contribution in [3.63, 3.8) is 0 Å². The number of fused-ring (bicyclic) bond motifs is 2. The zero-order chi connectivity index (χ0) is 70.9. The molecule has 0 fully saturated rings. The number of nitrogens with zero attached hydrogens (tertiary/aromatic N) is 2. The van der Waals surface area contributed by atoms with Crippen molar-refractivity contribution in [2.75, 3.05) is 36.2 Å². The zero-order valence-electron chi connectivity index (χ0n) is 61.4. The van der Waals surface area contributed by atoms with E-state index in [4.69, 9.17) is 65.4 Å². The van der Waals surface area contributed by atoms with Crippen molar-refractivity contribution < 1.29 is 38.1 Å². The Morgan fingerprint density at radius 1 is 0.260 bits per heavy atom. The van der Waals surface area contributed by atoms with Crippen LogP contribution in [0.3, 0.4) is 0 Å². The molecule has 10 nitrogen and oxygen atoms in total. The number of halogens is 4. The topological polar surface area (TPSA) is 112 Å². The maximum absolute atomic E-state index is 15.4. The molecule has 0 saturated heterocycles. The molecule has 0 unspecified atom stereocenters. The normalized spacial score (nSPS) is 13.1. The maximum atomic E-state index is 15.4. The van der Waals surface area contributed by atoms with Gasteiger partial charge in [0.05, 0.1) is 60.1 Å². The summed E-state index contributed by atoms with van der Waals surface area (Å²) in [7, 11) is 0. The predicted octanol–water partition coefficient (Wildman–Crippen LogP) is 27.8. The van der Waals surface area contributed by atoms with E-state index in [0.717, 1.165) is 88.2 Å². The molecule has 9 rings (SSSR count). The van der Waals surface area contributed by atoms with Gasteiger partial charge in [-0.25, -0.2) is 9.80 Å². The third-order valence-electron chi connectivity index (χ3n) is 20.8. The monoisotopic (exact) mass is 1440 g/mol. The van der Waals surface area contributed by atoms with Gasteiger partial charge in [0.25, 0.3) is 23.6 Å². The molecule has 4 amide bonds. The Morgan fingerprint density at radius 3 is 0.700 bits per heavy atom. The maximum Gasteiger partial charge on any atom is 0.266 e. The molecule has 2 heterocycles. The predicted molar refractivity (Wildman–Crippen MR) is 422 cm³/mol.